The first-order chi connectivity index (χ1) is 9.60. The third kappa shape index (κ3) is 4.15. The summed E-state index contributed by atoms with van der Waals surface area (Å²) in [6.07, 6.45) is 6.64. The van der Waals surface area contributed by atoms with Crippen LogP contribution in [0.2, 0.25) is 0 Å². The van der Waals surface area contributed by atoms with Crippen LogP contribution in [-0.4, -0.2) is 13.2 Å². The fourth-order valence-corrected chi connectivity index (χ4v) is 3.54. The van der Waals surface area contributed by atoms with Crippen LogP contribution >= 0.6 is 15.9 Å². The highest BCUT2D eigenvalue weighted by Crippen LogP contribution is 2.32. The van der Waals surface area contributed by atoms with Gasteiger partial charge in [-0.05, 0) is 59.2 Å². The average molecular weight is 340 g/mol. The third-order valence-corrected chi connectivity index (χ3v) is 5.13. The highest BCUT2D eigenvalue weighted by Gasteiger charge is 2.21. The Hall–Kier alpha value is -0.700. The summed E-state index contributed by atoms with van der Waals surface area (Å²) in [5.74, 6) is 2.62. The number of benzene rings is 1. The van der Waals surface area contributed by atoms with Crippen molar-refractivity contribution in [3.63, 3.8) is 0 Å². The molecule has 2 rings (SSSR count). The highest BCUT2D eigenvalue weighted by atomic mass is 79.9. The fraction of sp³-hybridized carbons (Fsp3) is 0.647. The Kier molecular flexibility index (Phi) is 5.76. The molecule has 0 bridgehead atoms. The molecule has 1 aliphatic carbocycles. The van der Waals surface area contributed by atoms with E-state index in [0.717, 1.165) is 27.7 Å². The smallest absolute Gasteiger partial charge is 0.135 e. The van der Waals surface area contributed by atoms with Gasteiger partial charge in [0.2, 0.25) is 0 Å². The molecule has 112 valence electrons. The van der Waals surface area contributed by atoms with Crippen LogP contribution < -0.4 is 10.1 Å². The van der Waals surface area contributed by atoms with Crippen LogP contribution in [0.15, 0.2) is 22.7 Å². The van der Waals surface area contributed by atoms with E-state index in [1.807, 2.05) is 0 Å². The van der Waals surface area contributed by atoms with Gasteiger partial charge in [0.15, 0.2) is 0 Å². The molecule has 1 N–H and O–H groups in total. The van der Waals surface area contributed by atoms with Gasteiger partial charge in [0.25, 0.3) is 0 Å². The lowest BCUT2D eigenvalue weighted by Gasteiger charge is -2.20. The van der Waals surface area contributed by atoms with Crippen molar-refractivity contribution in [2.45, 2.75) is 52.0 Å². The first-order valence-electron chi connectivity index (χ1n) is 7.70. The second kappa shape index (κ2) is 7.35. The maximum Gasteiger partial charge on any atom is 0.135 e. The van der Waals surface area contributed by atoms with Gasteiger partial charge in [0, 0.05) is 17.8 Å². The predicted octanol–water partition coefficient (Wildman–Crippen LogP) is 5.47. The SMILES string of the molecule is COc1cc(NC2CCCC(C(C)C)CC2)ccc1Br. The summed E-state index contributed by atoms with van der Waals surface area (Å²) >= 11 is 3.50. The van der Waals surface area contributed by atoms with E-state index in [0.29, 0.717) is 6.04 Å². The summed E-state index contributed by atoms with van der Waals surface area (Å²) in [5.41, 5.74) is 1.16. The lowest BCUT2D eigenvalue weighted by Crippen LogP contribution is -2.18. The molecule has 0 saturated heterocycles. The second-order valence-corrected chi connectivity index (χ2v) is 7.06. The van der Waals surface area contributed by atoms with Gasteiger partial charge >= 0.3 is 0 Å². The molecule has 2 nitrogen and oxygen atoms in total. The minimum Gasteiger partial charge on any atom is -0.495 e. The molecule has 0 amide bonds. The summed E-state index contributed by atoms with van der Waals surface area (Å²) in [6, 6.07) is 6.85. The van der Waals surface area contributed by atoms with E-state index < -0.39 is 0 Å². The topological polar surface area (TPSA) is 21.3 Å². The number of anilines is 1. The van der Waals surface area contributed by atoms with Crippen molar-refractivity contribution >= 4 is 21.6 Å². The summed E-state index contributed by atoms with van der Waals surface area (Å²) < 4.78 is 6.37. The molecule has 0 aliphatic heterocycles. The van der Waals surface area contributed by atoms with Gasteiger partial charge in [-0.15, -0.1) is 0 Å². The number of nitrogens with one attached hydrogen (secondary N) is 1. The molecule has 3 heteroatoms. The number of ether oxygens (including phenoxy) is 1. The predicted molar refractivity (Wildman–Crippen MR) is 89.5 cm³/mol. The van der Waals surface area contributed by atoms with Crippen LogP contribution in [0.5, 0.6) is 5.75 Å². The number of rotatable bonds is 4. The second-order valence-electron chi connectivity index (χ2n) is 6.20. The molecule has 2 atom stereocenters. The first-order valence-corrected chi connectivity index (χ1v) is 8.49. The van der Waals surface area contributed by atoms with Crippen LogP contribution in [0.25, 0.3) is 0 Å². The Morgan fingerprint density at radius 3 is 2.70 bits per heavy atom. The average Bonchev–Trinajstić information content (AvgIpc) is 2.66. The van der Waals surface area contributed by atoms with E-state index in [-0.39, 0.29) is 0 Å². The zero-order chi connectivity index (χ0) is 14.5. The normalized spacial score (nSPS) is 23.4. The maximum atomic E-state index is 5.36. The summed E-state index contributed by atoms with van der Waals surface area (Å²) in [6.45, 7) is 4.72. The first kappa shape index (κ1) is 15.7. The quantitative estimate of drug-likeness (QED) is 0.734. The van der Waals surface area contributed by atoms with E-state index in [1.165, 1.54) is 32.1 Å². The van der Waals surface area contributed by atoms with E-state index in [1.54, 1.807) is 7.11 Å². The zero-order valence-corrected chi connectivity index (χ0v) is 14.4. The van der Waals surface area contributed by atoms with E-state index in [9.17, 15) is 0 Å². The number of methoxy groups -OCH3 is 1. The largest absolute Gasteiger partial charge is 0.495 e. The standard InChI is InChI=1S/C17H26BrNO/c1-12(2)13-5-4-6-14(8-7-13)19-15-9-10-16(18)17(11-15)20-3/h9-14,19H,4-8H2,1-3H3. The monoisotopic (exact) mass is 339 g/mol. The molecule has 1 aromatic carbocycles. The van der Waals surface area contributed by atoms with Crippen molar-refractivity contribution in [1.29, 1.82) is 0 Å². The van der Waals surface area contributed by atoms with Gasteiger partial charge in [-0.25, -0.2) is 0 Å². The van der Waals surface area contributed by atoms with Gasteiger partial charge in [0.05, 0.1) is 11.6 Å². The highest BCUT2D eigenvalue weighted by molar-refractivity contribution is 9.10. The molecule has 1 aliphatic rings. The molecule has 1 fully saturated rings. The minimum absolute atomic E-state index is 0.602. The van der Waals surface area contributed by atoms with Crippen LogP contribution in [0.1, 0.15) is 46.0 Å². The van der Waals surface area contributed by atoms with Crippen molar-refractivity contribution in [3.8, 4) is 5.75 Å². The molecule has 1 aromatic rings. The molecule has 0 heterocycles. The number of hydrogen-bond acceptors (Lipinski definition) is 2. The number of hydrogen-bond donors (Lipinski definition) is 1. The summed E-state index contributed by atoms with van der Waals surface area (Å²) in [4.78, 5) is 0. The van der Waals surface area contributed by atoms with Crippen LogP contribution in [-0.2, 0) is 0 Å². The third-order valence-electron chi connectivity index (χ3n) is 4.48. The van der Waals surface area contributed by atoms with Gasteiger partial charge in [-0.3, -0.25) is 0 Å². The molecule has 1 saturated carbocycles. The summed E-state index contributed by atoms with van der Waals surface area (Å²) in [7, 11) is 1.71. The van der Waals surface area contributed by atoms with Crippen LogP contribution in [0.3, 0.4) is 0 Å². The molecule has 0 spiro atoms. The van der Waals surface area contributed by atoms with Gasteiger partial charge < -0.3 is 10.1 Å². The van der Waals surface area contributed by atoms with Gasteiger partial charge in [-0.2, -0.15) is 0 Å². The fourth-order valence-electron chi connectivity index (χ4n) is 3.13. The lowest BCUT2D eigenvalue weighted by atomic mass is 9.89. The van der Waals surface area contributed by atoms with Gasteiger partial charge in [-0.1, -0.05) is 26.7 Å². The van der Waals surface area contributed by atoms with E-state index in [4.69, 9.17) is 4.74 Å². The molecule has 0 aromatic heterocycles. The Morgan fingerprint density at radius 1 is 1.20 bits per heavy atom. The van der Waals surface area contributed by atoms with Crippen LogP contribution in [0, 0.1) is 11.8 Å². The van der Waals surface area contributed by atoms with Crippen LogP contribution in [0.4, 0.5) is 5.69 Å². The van der Waals surface area contributed by atoms with Gasteiger partial charge in [0.1, 0.15) is 5.75 Å². The molecular formula is C17H26BrNO. The molecule has 0 radical (unpaired) electrons. The Labute approximate surface area is 131 Å². The van der Waals surface area contributed by atoms with E-state index >= 15 is 0 Å². The molecule has 20 heavy (non-hydrogen) atoms. The maximum absolute atomic E-state index is 5.36. The Bertz CT molecular complexity index is 433. The van der Waals surface area contributed by atoms with Crippen molar-refractivity contribution in [2.24, 2.45) is 11.8 Å². The Morgan fingerprint density at radius 2 is 2.00 bits per heavy atom. The van der Waals surface area contributed by atoms with Crippen molar-refractivity contribution in [1.82, 2.24) is 0 Å². The Balaban J connectivity index is 1.96. The van der Waals surface area contributed by atoms with Crippen molar-refractivity contribution in [2.75, 3.05) is 12.4 Å². The lowest BCUT2D eigenvalue weighted by molar-refractivity contribution is 0.341. The van der Waals surface area contributed by atoms with Crippen molar-refractivity contribution in [3.05, 3.63) is 22.7 Å². The molecular weight excluding hydrogens is 314 g/mol. The summed E-state index contributed by atoms with van der Waals surface area (Å²) in [5, 5.41) is 3.68. The van der Waals surface area contributed by atoms with Crippen molar-refractivity contribution < 1.29 is 4.74 Å². The van der Waals surface area contributed by atoms with E-state index in [2.05, 4.69) is 53.3 Å². The minimum atomic E-state index is 0.602. The zero-order valence-electron chi connectivity index (χ0n) is 12.8. The number of halogens is 1. The molecule has 2 unspecified atom stereocenters.